The second-order valence-electron chi connectivity index (χ2n) is 6.19. The van der Waals surface area contributed by atoms with Crippen LogP contribution < -0.4 is 5.32 Å². The molecule has 3 amide bonds. The van der Waals surface area contributed by atoms with Crippen molar-refractivity contribution in [3.63, 3.8) is 0 Å². The molecule has 120 valence electrons. The minimum absolute atomic E-state index is 0.106. The van der Waals surface area contributed by atoms with E-state index in [0.717, 1.165) is 12.8 Å². The van der Waals surface area contributed by atoms with Gasteiger partial charge in [0.1, 0.15) is 5.60 Å². The van der Waals surface area contributed by atoms with Gasteiger partial charge in [0.05, 0.1) is 0 Å². The summed E-state index contributed by atoms with van der Waals surface area (Å²) in [5, 5.41) is 2.65. The Hall–Kier alpha value is -1.72. The molecule has 0 saturated carbocycles. The fourth-order valence-electron chi connectivity index (χ4n) is 2.37. The second kappa shape index (κ2) is 7.33. The molecule has 6 heteroatoms. The number of amides is 3. The zero-order chi connectivity index (χ0) is 16.0. The third kappa shape index (κ3) is 5.28. The number of ether oxygens (including phenoxy) is 1. The van der Waals surface area contributed by atoms with Crippen molar-refractivity contribution in [2.75, 3.05) is 26.7 Å². The predicted molar refractivity (Wildman–Crippen MR) is 82.2 cm³/mol. The molecule has 0 spiro atoms. The van der Waals surface area contributed by atoms with Gasteiger partial charge in [0.2, 0.25) is 0 Å². The monoisotopic (exact) mass is 297 g/mol. The van der Waals surface area contributed by atoms with Gasteiger partial charge in [-0.25, -0.2) is 9.59 Å². The maximum Gasteiger partial charge on any atom is 0.410 e. The molecule has 1 N–H and O–H groups in total. The van der Waals surface area contributed by atoms with Crippen LogP contribution in [0.2, 0.25) is 0 Å². The molecule has 0 atom stereocenters. The molecule has 0 bridgehead atoms. The summed E-state index contributed by atoms with van der Waals surface area (Å²) in [6.45, 7) is 11.0. The predicted octanol–water partition coefficient (Wildman–Crippen LogP) is 2.21. The number of carbonyl (C=O) groups excluding carboxylic acids is 2. The lowest BCUT2D eigenvalue weighted by Crippen LogP contribution is -2.51. The van der Waals surface area contributed by atoms with Crippen LogP contribution in [0, 0.1) is 0 Å². The van der Waals surface area contributed by atoms with Crippen LogP contribution in [0.25, 0.3) is 0 Å². The van der Waals surface area contributed by atoms with Gasteiger partial charge in [0.25, 0.3) is 0 Å². The van der Waals surface area contributed by atoms with Gasteiger partial charge in [0.15, 0.2) is 0 Å². The smallest absolute Gasteiger partial charge is 0.410 e. The highest BCUT2D eigenvalue weighted by atomic mass is 16.6. The summed E-state index contributed by atoms with van der Waals surface area (Å²) in [4.78, 5) is 27.3. The van der Waals surface area contributed by atoms with Crippen molar-refractivity contribution in [1.82, 2.24) is 15.1 Å². The highest BCUT2D eigenvalue weighted by Gasteiger charge is 2.30. The summed E-state index contributed by atoms with van der Waals surface area (Å²) in [6.07, 6.45) is 2.94. The molecular weight excluding hydrogens is 270 g/mol. The van der Waals surface area contributed by atoms with Crippen LogP contribution in [-0.2, 0) is 4.74 Å². The zero-order valence-corrected chi connectivity index (χ0v) is 13.5. The minimum atomic E-state index is -0.481. The number of carbonyl (C=O) groups is 2. The largest absolute Gasteiger partial charge is 0.444 e. The van der Waals surface area contributed by atoms with E-state index in [1.807, 2.05) is 20.8 Å². The van der Waals surface area contributed by atoms with E-state index in [1.54, 1.807) is 22.9 Å². The van der Waals surface area contributed by atoms with Crippen molar-refractivity contribution < 1.29 is 14.3 Å². The molecule has 0 aromatic rings. The van der Waals surface area contributed by atoms with Crippen LogP contribution in [0.3, 0.4) is 0 Å². The van der Waals surface area contributed by atoms with Crippen molar-refractivity contribution in [1.29, 1.82) is 0 Å². The van der Waals surface area contributed by atoms with Gasteiger partial charge in [-0.15, -0.1) is 6.58 Å². The lowest BCUT2D eigenvalue weighted by molar-refractivity contribution is 0.0168. The number of piperidine rings is 1. The average Bonchev–Trinajstić information content (AvgIpc) is 2.42. The standard InChI is InChI=1S/C15H27N3O3/c1-6-9-18(13(19)16-5)12-7-10-17(11-8-12)14(20)21-15(2,3)4/h6,12H,1,7-11H2,2-5H3,(H,16,19). The van der Waals surface area contributed by atoms with Crippen LogP contribution >= 0.6 is 0 Å². The van der Waals surface area contributed by atoms with Crippen LogP contribution in [0.1, 0.15) is 33.6 Å². The number of nitrogens with one attached hydrogen (secondary N) is 1. The van der Waals surface area contributed by atoms with Gasteiger partial charge in [-0.3, -0.25) is 0 Å². The first kappa shape index (κ1) is 17.3. The molecule has 1 fully saturated rings. The number of rotatable bonds is 3. The molecular formula is C15H27N3O3. The highest BCUT2D eigenvalue weighted by molar-refractivity contribution is 5.74. The van der Waals surface area contributed by atoms with Crippen LogP contribution in [0.15, 0.2) is 12.7 Å². The SMILES string of the molecule is C=CCN(C(=O)NC)C1CCN(C(=O)OC(C)(C)C)CC1. The summed E-state index contributed by atoms with van der Waals surface area (Å²) >= 11 is 0. The number of urea groups is 1. The number of hydrogen-bond acceptors (Lipinski definition) is 3. The fraction of sp³-hybridized carbons (Fsp3) is 0.733. The first-order valence-corrected chi connectivity index (χ1v) is 7.35. The van der Waals surface area contributed by atoms with E-state index >= 15 is 0 Å². The molecule has 0 radical (unpaired) electrons. The molecule has 1 saturated heterocycles. The van der Waals surface area contributed by atoms with E-state index in [2.05, 4.69) is 11.9 Å². The molecule has 1 aliphatic heterocycles. The Labute approximate surface area is 127 Å². The van der Waals surface area contributed by atoms with Gasteiger partial charge in [-0.1, -0.05) is 6.08 Å². The van der Waals surface area contributed by atoms with Gasteiger partial charge in [-0.2, -0.15) is 0 Å². The van der Waals surface area contributed by atoms with E-state index < -0.39 is 5.60 Å². The third-order valence-electron chi connectivity index (χ3n) is 3.36. The molecule has 6 nitrogen and oxygen atoms in total. The summed E-state index contributed by atoms with van der Waals surface area (Å²) in [5.41, 5.74) is -0.481. The summed E-state index contributed by atoms with van der Waals surface area (Å²) in [6, 6.07) is 0.0206. The minimum Gasteiger partial charge on any atom is -0.444 e. The molecule has 0 aromatic heterocycles. The third-order valence-corrected chi connectivity index (χ3v) is 3.36. The number of nitrogens with zero attached hydrogens (tertiary/aromatic N) is 2. The average molecular weight is 297 g/mol. The van der Waals surface area contributed by atoms with E-state index in [-0.39, 0.29) is 18.2 Å². The molecule has 0 unspecified atom stereocenters. The molecule has 0 aromatic carbocycles. The van der Waals surface area contributed by atoms with Gasteiger partial charge in [-0.05, 0) is 33.6 Å². The summed E-state index contributed by atoms with van der Waals surface area (Å²) in [5.74, 6) is 0. The van der Waals surface area contributed by atoms with E-state index in [1.165, 1.54) is 0 Å². The summed E-state index contributed by atoms with van der Waals surface area (Å²) in [7, 11) is 1.62. The maximum absolute atomic E-state index is 12.0. The van der Waals surface area contributed by atoms with Crippen LogP contribution in [-0.4, -0.2) is 60.2 Å². The zero-order valence-electron chi connectivity index (χ0n) is 13.5. The molecule has 1 aliphatic rings. The molecule has 0 aliphatic carbocycles. The topological polar surface area (TPSA) is 61.9 Å². The Balaban J connectivity index is 2.55. The quantitative estimate of drug-likeness (QED) is 0.812. The first-order chi connectivity index (χ1) is 9.78. The molecule has 21 heavy (non-hydrogen) atoms. The molecule has 1 rings (SSSR count). The van der Waals surface area contributed by atoms with Crippen molar-refractivity contribution in [2.45, 2.75) is 45.3 Å². The van der Waals surface area contributed by atoms with Crippen molar-refractivity contribution in [3.8, 4) is 0 Å². The maximum atomic E-state index is 12.0. The van der Waals surface area contributed by atoms with Gasteiger partial charge in [0, 0.05) is 32.7 Å². The Morgan fingerprint density at radius 2 is 1.95 bits per heavy atom. The Morgan fingerprint density at radius 1 is 1.38 bits per heavy atom. The van der Waals surface area contributed by atoms with Crippen molar-refractivity contribution in [2.24, 2.45) is 0 Å². The Kier molecular flexibility index (Phi) is 6.05. The van der Waals surface area contributed by atoms with Crippen LogP contribution in [0.5, 0.6) is 0 Å². The Morgan fingerprint density at radius 3 is 2.38 bits per heavy atom. The van der Waals surface area contributed by atoms with Crippen LogP contribution in [0.4, 0.5) is 9.59 Å². The number of likely N-dealkylation sites (tertiary alicyclic amines) is 1. The summed E-state index contributed by atoms with van der Waals surface area (Å²) < 4.78 is 5.37. The van der Waals surface area contributed by atoms with Gasteiger partial charge < -0.3 is 19.9 Å². The normalized spacial score (nSPS) is 16.3. The van der Waals surface area contributed by atoms with Crippen molar-refractivity contribution in [3.05, 3.63) is 12.7 Å². The number of hydrogen-bond donors (Lipinski definition) is 1. The van der Waals surface area contributed by atoms with Gasteiger partial charge >= 0.3 is 12.1 Å². The molecule has 1 heterocycles. The first-order valence-electron chi connectivity index (χ1n) is 7.35. The fourth-order valence-corrected chi connectivity index (χ4v) is 2.37. The van der Waals surface area contributed by atoms with Crippen molar-refractivity contribution >= 4 is 12.1 Å². The highest BCUT2D eigenvalue weighted by Crippen LogP contribution is 2.19. The lowest BCUT2D eigenvalue weighted by atomic mass is 10.0. The lowest BCUT2D eigenvalue weighted by Gasteiger charge is -2.38. The van der Waals surface area contributed by atoms with E-state index in [9.17, 15) is 9.59 Å². The second-order valence-corrected chi connectivity index (χ2v) is 6.19. The van der Waals surface area contributed by atoms with E-state index in [0.29, 0.717) is 19.6 Å². The van der Waals surface area contributed by atoms with E-state index in [4.69, 9.17) is 4.74 Å². The Bertz CT molecular complexity index is 382.